The molecule has 0 aliphatic carbocycles. The van der Waals surface area contributed by atoms with Gasteiger partial charge in [-0.05, 0) is 12.1 Å². The molecular weight excluding hydrogens is 258 g/mol. The van der Waals surface area contributed by atoms with Gasteiger partial charge in [0.1, 0.15) is 5.69 Å². The Bertz CT molecular complexity index is 589. The molecule has 1 N–H and O–H groups in total. The van der Waals surface area contributed by atoms with E-state index < -0.39 is 0 Å². The van der Waals surface area contributed by atoms with E-state index in [1.165, 1.54) is 11.1 Å². The largest absolute Gasteiger partial charge is 0.395 e. The first-order valence-corrected chi connectivity index (χ1v) is 6.37. The molecule has 0 bridgehead atoms. The maximum atomic E-state index is 12.3. The third-order valence-corrected chi connectivity index (χ3v) is 2.89. The van der Waals surface area contributed by atoms with Crippen LogP contribution in [0.4, 0.5) is 0 Å². The van der Waals surface area contributed by atoms with Gasteiger partial charge in [0.25, 0.3) is 5.91 Å². The Morgan fingerprint density at radius 1 is 1.30 bits per heavy atom. The monoisotopic (exact) mass is 275 g/mol. The van der Waals surface area contributed by atoms with E-state index >= 15 is 0 Å². The maximum absolute atomic E-state index is 12.3. The zero-order valence-corrected chi connectivity index (χ0v) is 11.3. The second kappa shape index (κ2) is 6.93. The zero-order valence-electron chi connectivity index (χ0n) is 11.3. The number of amides is 1. The molecule has 0 aliphatic heterocycles. The van der Waals surface area contributed by atoms with E-state index in [1.54, 1.807) is 7.11 Å². The van der Waals surface area contributed by atoms with Gasteiger partial charge in [0.05, 0.1) is 30.4 Å². The lowest BCUT2D eigenvalue weighted by Gasteiger charge is -2.20. The summed E-state index contributed by atoms with van der Waals surface area (Å²) in [5.74, 6) is -0.255. The first-order chi connectivity index (χ1) is 9.76. The lowest BCUT2D eigenvalue weighted by molar-refractivity contribution is 0.0651. The number of nitrogens with zero attached hydrogens (tertiary/aromatic N) is 3. The summed E-state index contributed by atoms with van der Waals surface area (Å²) in [5, 5.41) is 9.03. The Morgan fingerprint density at radius 3 is 2.75 bits per heavy atom. The molecule has 0 aliphatic rings. The topological polar surface area (TPSA) is 75.6 Å². The Hall–Kier alpha value is -2.05. The summed E-state index contributed by atoms with van der Waals surface area (Å²) in [4.78, 5) is 22.4. The van der Waals surface area contributed by atoms with E-state index in [2.05, 4.69) is 9.97 Å². The van der Waals surface area contributed by atoms with Gasteiger partial charge < -0.3 is 14.7 Å². The molecule has 6 heteroatoms. The average Bonchev–Trinajstić information content (AvgIpc) is 2.50. The van der Waals surface area contributed by atoms with Gasteiger partial charge in [-0.15, -0.1) is 0 Å². The highest BCUT2D eigenvalue weighted by molar-refractivity contribution is 5.93. The number of hydrogen-bond acceptors (Lipinski definition) is 5. The summed E-state index contributed by atoms with van der Waals surface area (Å²) < 4.78 is 4.96. The molecule has 2 aromatic rings. The number of fused-ring (bicyclic) bond motifs is 1. The number of rotatable bonds is 6. The number of carbonyl (C=O) groups is 1. The van der Waals surface area contributed by atoms with Crippen molar-refractivity contribution >= 4 is 16.9 Å². The van der Waals surface area contributed by atoms with Gasteiger partial charge in [0, 0.05) is 20.2 Å². The minimum atomic E-state index is -0.255. The number of methoxy groups -OCH3 is 1. The van der Waals surface area contributed by atoms with Crippen molar-refractivity contribution in [2.45, 2.75) is 0 Å². The van der Waals surface area contributed by atoms with Crippen molar-refractivity contribution in [3.63, 3.8) is 0 Å². The number of para-hydroxylation sites is 2. The molecule has 0 fully saturated rings. The van der Waals surface area contributed by atoms with Gasteiger partial charge in [-0.3, -0.25) is 9.78 Å². The molecule has 0 saturated heterocycles. The third-order valence-electron chi connectivity index (χ3n) is 2.89. The predicted octanol–water partition coefficient (Wildman–Crippen LogP) is 0.711. The van der Waals surface area contributed by atoms with Crippen LogP contribution in [0.5, 0.6) is 0 Å². The number of benzene rings is 1. The van der Waals surface area contributed by atoms with E-state index in [0.29, 0.717) is 18.7 Å². The summed E-state index contributed by atoms with van der Waals surface area (Å²) >= 11 is 0. The van der Waals surface area contributed by atoms with Crippen LogP contribution in [0.2, 0.25) is 0 Å². The normalized spacial score (nSPS) is 10.7. The number of aromatic nitrogens is 2. The van der Waals surface area contributed by atoms with Crippen LogP contribution < -0.4 is 0 Å². The molecule has 1 aromatic heterocycles. The molecule has 0 saturated carbocycles. The molecule has 1 amide bonds. The minimum absolute atomic E-state index is 0.101. The van der Waals surface area contributed by atoms with Crippen molar-refractivity contribution in [3.8, 4) is 0 Å². The minimum Gasteiger partial charge on any atom is -0.395 e. The van der Waals surface area contributed by atoms with E-state index in [9.17, 15) is 4.79 Å². The second-order valence-electron chi connectivity index (χ2n) is 4.25. The van der Waals surface area contributed by atoms with Gasteiger partial charge in [-0.1, -0.05) is 12.1 Å². The Morgan fingerprint density at radius 2 is 2.05 bits per heavy atom. The van der Waals surface area contributed by atoms with Crippen LogP contribution in [0.15, 0.2) is 30.5 Å². The first-order valence-electron chi connectivity index (χ1n) is 6.37. The van der Waals surface area contributed by atoms with Crippen molar-refractivity contribution in [2.24, 2.45) is 0 Å². The lowest BCUT2D eigenvalue weighted by Crippen LogP contribution is -2.36. The van der Waals surface area contributed by atoms with E-state index in [1.807, 2.05) is 24.3 Å². The number of aliphatic hydroxyl groups is 1. The molecule has 0 atom stereocenters. The molecular formula is C14H17N3O3. The predicted molar refractivity (Wildman–Crippen MR) is 74.4 cm³/mol. The highest BCUT2D eigenvalue weighted by atomic mass is 16.5. The highest BCUT2D eigenvalue weighted by Gasteiger charge is 2.17. The lowest BCUT2D eigenvalue weighted by atomic mass is 10.3. The van der Waals surface area contributed by atoms with Crippen LogP contribution in [0.25, 0.3) is 11.0 Å². The SMILES string of the molecule is COCCN(CCO)C(=O)c1cnc2ccccc2n1. The first kappa shape index (κ1) is 14.4. The third kappa shape index (κ3) is 3.28. The fraction of sp³-hybridized carbons (Fsp3) is 0.357. The summed E-state index contributed by atoms with van der Waals surface area (Å²) in [5.41, 5.74) is 1.69. The highest BCUT2D eigenvalue weighted by Crippen LogP contribution is 2.10. The van der Waals surface area contributed by atoms with Crippen LogP contribution in [-0.4, -0.2) is 59.3 Å². The molecule has 0 radical (unpaired) electrons. The summed E-state index contributed by atoms with van der Waals surface area (Å²) in [6, 6.07) is 7.37. The molecule has 2 rings (SSSR count). The smallest absolute Gasteiger partial charge is 0.274 e. The summed E-state index contributed by atoms with van der Waals surface area (Å²) in [6.45, 7) is 0.963. The van der Waals surface area contributed by atoms with Gasteiger partial charge in [-0.25, -0.2) is 4.98 Å². The number of carbonyl (C=O) groups excluding carboxylic acids is 1. The number of hydrogen-bond donors (Lipinski definition) is 1. The van der Waals surface area contributed by atoms with Crippen LogP contribution in [-0.2, 0) is 4.74 Å². The Labute approximate surface area is 117 Å². The van der Waals surface area contributed by atoms with Crippen molar-refractivity contribution in [2.75, 3.05) is 33.4 Å². The number of aliphatic hydroxyl groups excluding tert-OH is 1. The van der Waals surface area contributed by atoms with Crippen molar-refractivity contribution in [3.05, 3.63) is 36.2 Å². The molecule has 106 valence electrons. The van der Waals surface area contributed by atoms with Crippen LogP contribution in [0.3, 0.4) is 0 Å². The Balaban J connectivity index is 2.23. The fourth-order valence-corrected chi connectivity index (χ4v) is 1.86. The fourth-order valence-electron chi connectivity index (χ4n) is 1.86. The zero-order chi connectivity index (χ0) is 14.4. The van der Waals surface area contributed by atoms with Gasteiger partial charge in [0.15, 0.2) is 0 Å². The molecule has 0 unspecified atom stereocenters. The standard InChI is InChI=1S/C14H17N3O3/c1-20-9-7-17(6-8-18)14(19)13-10-15-11-4-2-3-5-12(11)16-13/h2-5,10,18H,6-9H2,1H3. The molecule has 0 spiro atoms. The van der Waals surface area contributed by atoms with Gasteiger partial charge >= 0.3 is 0 Å². The molecule has 6 nitrogen and oxygen atoms in total. The Kier molecular flexibility index (Phi) is 4.97. The summed E-state index contributed by atoms with van der Waals surface area (Å²) in [7, 11) is 1.57. The van der Waals surface area contributed by atoms with Crippen LogP contribution in [0, 0.1) is 0 Å². The van der Waals surface area contributed by atoms with Crippen molar-refractivity contribution < 1.29 is 14.6 Å². The summed E-state index contributed by atoms with van der Waals surface area (Å²) in [6.07, 6.45) is 1.46. The molecule has 20 heavy (non-hydrogen) atoms. The van der Waals surface area contributed by atoms with E-state index in [-0.39, 0.29) is 24.8 Å². The average molecular weight is 275 g/mol. The molecule has 1 aromatic carbocycles. The van der Waals surface area contributed by atoms with Gasteiger partial charge in [-0.2, -0.15) is 0 Å². The molecule has 1 heterocycles. The van der Waals surface area contributed by atoms with E-state index in [4.69, 9.17) is 9.84 Å². The van der Waals surface area contributed by atoms with E-state index in [0.717, 1.165) is 5.52 Å². The van der Waals surface area contributed by atoms with Gasteiger partial charge in [0.2, 0.25) is 0 Å². The van der Waals surface area contributed by atoms with Crippen LogP contribution >= 0.6 is 0 Å². The number of ether oxygens (including phenoxy) is 1. The van der Waals surface area contributed by atoms with Crippen molar-refractivity contribution in [1.29, 1.82) is 0 Å². The van der Waals surface area contributed by atoms with Crippen molar-refractivity contribution in [1.82, 2.24) is 14.9 Å². The quantitative estimate of drug-likeness (QED) is 0.840. The van der Waals surface area contributed by atoms with Crippen LogP contribution in [0.1, 0.15) is 10.5 Å². The maximum Gasteiger partial charge on any atom is 0.274 e. The second-order valence-corrected chi connectivity index (χ2v) is 4.25.